The number of amides is 3. The van der Waals surface area contributed by atoms with E-state index in [2.05, 4.69) is 16.0 Å². The summed E-state index contributed by atoms with van der Waals surface area (Å²) in [6.07, 6.45) is -0.554. The van der Waals surface area contributed by atoms with Gasteiger partial charge in [0.15, 0.2) is 0 Å². The Balaban J connectivity index is 2.96. The van der Waals surface area contributed by atoms with Gasteiger partial charge in [-0.2, -0.15) is 0 Å². The molecular formula is C25H40N4O6. The van der Waals surface area contributed by atoms with Crippen LogP contribution in [0.4, 0.5) is 0 Å². The molecule has 7 N–H and O–H groups in total. The lowest BCUT2D eigenvalue weighted by Crippen LogP contribution is -2.60. The van der Waals surface area contributed by atoms with Gasteiger partial charge >= 0.3 is 5.97 Å². The molecule has 0 bridgehead atoms. The van der Waals surface area contributed by atoms with Crippen molar-refractivity contribution in [3.63, 3.8) is 0 Å². The minimum absolute atomic E-state index is 0.0116. The molecule has 0 aliphatic rings. The maximum Gasteiger partial charge on any atom is 0.326 e. The molecule has 0 fully saturated rings. The van der Waals surface area contributed by atoms with Crippen LogP contribution in [-0.2, 0) is 25.6 Å². The van der Waals surface area contributed by atoms with Crippen LogP contribution in [0.3, 0.4) is 0 Å². The maximum absolute atomic E-state index is 13.0. The lowest BCUT2D eigenvalue weighted by Gasteiger charge is -2.27. The van der Waals surface area contributed by atoms with Crippen molar-refractivity contribution < 1.29 is 29.4 Å². The minimum atomic E-state index is -1.33. The van der Waals surface area contributed by atoms with Crippen molar-refractivity contribution in [2.24, 2.45) is 17.6 Å². The molecule has 35 heavy (non-hydrogen) atoms. The second-order valence-corrected chi connectivity index (χ2v) is 9.74. The van der Waals surface area contributed by atoms with Crippen LogP contribution in [0, 0.1) is 11.8 Å². The summed E-state index contributed by atoms with van der Waals surface area (Å²) in [7, 11) is 0. The van der Waals surface area contributed by atoms with Crippen molar-refractivity contribution in [3.8, 4) is 0 Å². The summed E-state index contributed by atoms with van der Waals surface area (Å²) in [6, 6.07) is 4.42. The topological polar surface area (TPSA) is 171 Å². The van der Waals surface area contributed by atoms with Crippen molar-refractivity contribution in [1.82, 2.24) is 16.0 Å². The Kier molecular flexibility index (Phi) is 12.4. The fraction of sp³-hybridized carbons (Fsp3) is 0.600. The summed E-state index contributed by atoms with van der Waals surface area (Å²) >= 11 is 0. The molecule has 10 nitrogen and oxygen atoms in total. The second-order valence-electron chi connectivity index (χ2n) is 9.74. The van der Waals surface area contributed by atoms with E-state index in [0.29, 0.717) is 6.42 Å². The molecule has 0 aliphatic heterocycles. The van der Waals surface area contributed by atoms with E-state index in [4.69, 9.17) is 5.73 Å². The lowest BCUT2D eigenvalue weighted by atomic mass is 10.00. The number of nitrogens with two attached hydrogens (primary N) is 1. The van der Waals surface area contributed by atoms with Crippen LogP contribution in [-0.4, -0.2) is 64.2 Å². The first-order valence-electron chi connectivity index (χ1n) is 11.9. The maximum atomic E-state index is 13.0. The number of rotatable bonds is 14. The summed E-state index contributed by atoms with van der Waals surface area (Å²) in [6.45, 7) is 8.86. The van der Waals surface area contributed by atoms with Crippen LogP contribution in [0.5, 0.6) is 0 Å². The number of benzene rings is 1. The number of carbonyl (C=O) groups excluding carboxylic acids is 3. The fourth-order valence-corrected chi connectivity index (χ4v) is 3.57. The van der Waals surface area contributed by atoms with Crippen LogP contribution in [0.25, 0.3) is 0 Å². The highest BCUT2D eigenvalue weighted by atomic mass is 16.4. The van der Waals surface area contributed by atoms with E-state index >= 15 is 0 Å². The van der Waals surface area contributed by atoms with Gasteiger partial charge in [-0.25, -0.2) is 4.79 Å². The van der Waals surface area contributed by atoms with E-state index in [9.17, 15) is 29.4 Å². The Hall–Kier alpha value is -2.98. The average molecular weight is 493 g/mol. The van der Waals surface area contributed by atoms with Crippen LogP contribution < -0.4 is 21.7 Å². The Labute approximate surface area is 207 Å². The Morgan fingerprint density at radius 1 is 0.800 bits per heavy atom. The molecule has 5 unspecified atom stereocenters. The van der Waals surface area contributed by atoms with E-state index in [1.54, 1.807) is 30.3 Å². The first-order chi connectivity index (χ1) is 16.3. The first kappa shape index (κ1) is 30.1. The molecule has 3 amide bonds. The van der Waals surface area contributed by atoms with Gasteiger partial charge in [-0.05, 0) is 37.2 Å². The SMILES string of the molecule is CC(C)CC(N)C(=O)NC(C(=O)NC(CC(C)C)C(=O)NC(Cc1ccccc1)C(=O)O)C(C)O. The van der Waals surface area contributed by atoms with Crippen molar-refractivity contribution in [1.29, 1.82) is 0 Å². The number of hydrogen-bond donors (Lipinski definition) is 6. The standard InChI is InChI=1S/C25H40N4O6/c1-14(2)11-18(26)22(31)29-21(16(5)30)24(33)27-19(12-15(3)4)23(32)28-20(25(34)35)13-17-9-7-6-8-10-17/h6-10,14-16,18-21,30H,11-13,26H2,1-5H3,(H,27,33)(H,28,32)(H,29,31)(H,34,35). The van der Waals surface area contributed by atoms with Crippen molar-refractivity contribution >= 4 is 23.7 Å². The molecule has 1 aromatic rings. The van der Waals surface area contributed by atoms with Crippen molar-refractivity contribution in [3.05, 3.63) is 35.9 Å². The van der Waals surface area contributed by atoms with Crippen LogP contribution in [0.15, 0.2) is 30.3 Å². The summed E-state index contributed by atoms with van der Waals surface area (Å²) in [5.74, 6) is -3.07. The summed E-state index contributed by atoms with van der Waals surface area (Å²) in [5, 5.41) is 27.2. The van der Waals surface area contributed by atoms with Gasteiger partial charge in [0.1, 0.15) is 18.1 Å². The molecule has 0 saturated heterocycles. The van der Waals surface area contributed by atoms with Gasteiger partial charge in [-0.3, -0.25) is 14.4 Å². The van der Waals surface area contributed by atoms with Gasteiger partial charge in [-0.1, -0.05) is 58.0 Å². The third-order valence-corrected chi connectivity index (χ3v) is 5.36. The van der Waals surface area contributed by atoms with Crippen LogP contribution in [0.2, 0.25) is 0 Å². The minimum Gasteiger partial charge on any atom is -0.480 e. The predicted octanol–water partition coefficient (Wildman–Crippen LogP) is 0.568. The lowest BCUT2D eigenvalue weighted by molar-refractivity contribution is -0.142. The number of aliphatic hydroxyl groups is 1. The third kappa shape index (κ3) is 10.9. The molecule has 5 atom stereocenters. The zero-order valence-electron chi connectivity index (χ0n) is 21.2. The van der Waals surface area contributed by atoms with E-state index in [1.807, 2.05) is 27.7 Å². The Morgan fingerprint density at radius 3 is 1.83 bits per heavy atom. The largest absolute Gasteiger partial charge is 0.480 e. The zero-order valence-corrected chi connectivity index (χ0v) is 21.2. The van der Waals surface area contributed by atoms with Gasteiger partial charge in [0.25, 0.3) is 0 Å². The molecule has 0 aliphatic carbocycles. The monoisotopic (exact) mass is 492 g/mol. The van der Waals surface area contributed by atoms with Gasteiger partial charge in [0.05, 0.1) is 12.1 Å². The fourth-order valence-electron chi connectivity index (χ4n) is 3.57. The zero-order chi connectivity index (χ0) is 26.7. The molecule has 10 heteroatoms. The Morgan fingerprint density at radius 2 is 1.34 bits per heavy atom. The number of nitrogens with one attached hydrogen (secondary N) is 3. The van der Waals surface area contributed by atoms with Gasteiger partial charge in [0, 0.05) is 6.42 Å². The van der Waals surface area contributed by atoms with E-state index in [-0.39, 0.29) is 24.7 Å². The molecule has 0 heterocycles. The molecular weight excluding hydrogens is 452 g/mol. The molecule has 1 aromatic carbocycles. The summed E-state index contributed by atoms with van der Waals surface area (Å²) in [4.78, 5) is 50.1. The number of carboxylic acids is 1. The third-order valence-electron chi connectivity index (χ3n) is 5.36. The number of aliphatic carboxylic acids is 1. The van der Waals surface area contributed by atoms with Gasteiger partial charge in [0.2, 0.25) is 17.7 Å². The molecule has 1 rings (SSSR count). The van der Waals surface area contributed by atoms with E-state index in [0.717, 1.165) is 5.56 Å². The molecule has 196 valence electrons. The van der Waals surface area contributed by atoms with Crippen LogP contribution in [0.1, 0.15) is 53.0 Å². The number of carboxylic acid groups (broad SMARTS) is 1. The van der Waals surface area contributed by atoms with Crippen molar-refractivity contribution in [2.75, 3.05) is 0 Å². The highest BCUT2D eigenvalue weighted by Crippen LogP contribution is 2.09. The molecule has 0 radical (unpaired) electrons. The number of hydrogen-bond acceptors (Lipinski definition) is 6. The summed E-state index contributed by atoms with van der Waals surface area (Å²) in [5.41, 5.74) is 6.62. The highest BCUT2D eigenvalue weighted by molar-refractivity contribution is 5.94. The quantitative estimate of drug-likeness (QED) is 0.220. The first-order valence-corrected chi connectivity index (χ1v) is 11.9. The Bertz CT molecular complexity index is 844. The highest BCUT2D eigenvalue weighted by Gasteiger charge is 2.32. The van der Waals surface area contributed by atoms with Gasteiger partial charge < -0.3 is 31.9 Å². The predicted molar refractivity (Wildman–Crippen MR) is 132 cm³/mol. The smallest absolute Gasteiger partial charge is 0.326 e. The normalized spacial score (nSPS) is 15.6. The molecule has 0 spiro atoms. The number of aliphatic hydroxyl groups excluding tert-OH is 1. The molecule has 0 saturated carbocycles. The summed E-state index contributed by atoms with van der Waals surface area (Å²) < 4.78 is 0. The van der Waals surface area contributed by atoms with E-state index < -0.39 is 54.0 Å². The van der Waals surface area contributed by atoms with Crippen molar-refractivity contribution in [2.45, 2.75) is 84.2 Å². The number of carbonyl (C=O) groups is 4. The second kappa shape index (κ2) is 14.4. The van der Waals surface area contributed by atoms with Crippen LogP contribution >= 0.6 is 0 Å². The average Bonchev–Trinajstić information content (AvgIpc) is 2.75. The van der Waals surface area contributed by atoms with E-state index in [1.165, 1.54) is 6.92 Å². The molecule has 0 aromatic heterocycles. The van der Waals surface area contributed by atoms with Gasteiger partial charge in [-0.15, -0.1) is 0 Å².